The van der Waals surface area contributed by atoms with Crippen LogP contribution in [0.25, 0.3) is 0 Å². The molecule has 0 radical (unpaired) electrons. The van der Waals surface area contributed by atoms with Gasteiger partial charge in [0.15, 0.2) is 0 Å². The molecule has 2 unspecified atom stereocenters. The second-order valence-corrected chi connectivity index (χ2v) is 4.65. The van der Waals surface area contributed by atoms with Crippen LogP contribution in [0.3, 0.4) is 0 Å². The Bertz CT molecular complexity index is 391. The Labute approximate surface area is 106 Å². The van der Waals surface area contributed by atoms with E-state index in [1.807, 2.05) is 6.92 Å². The predicted octanol–water partition coefficient (Wildman–Crippen LogP) is 3.18. The van der Waals surface area contributed by atoms with Gasteiger partial charge in [0, 0.05) is 12.2 Å². The van der Waals surface area contributed by atoms with Crippen molar-refractivity contribution >= 4 is 0 Å². The van der Waals surface area contributed by atoms with Gasteiger partial charge >= 0.3 is 0 Å². The molecule has 0 aromatic heterocycles. The Morgan fingerprint density at radius 1 is 1.44 bits per heavy atom. The van der Waals surface area contributed by atoms with Gasteiger partial charge in [-0.05, 0) is 44.0 Å². The van der Waals surface area contributed by atoms with Crippen molar-refractivity contribution in [2.75, 3.05) is 13.2 Å². The quantitative estimate of drug-likeness (QED) is 0.872. The van der Waals surface area contributed by atoms with Crippen molar-refractivity contribution < 1.29 is 13.5 Å². The van der Waals surface area contributed by atoms with Gasteiger partial charge in [-0.25, -0.2) is 8.78 Å². The van der Waals surface area contributed by atoms with Crippen LogP contribution in [-0.2, 0) is 4.74 Å². The van der Waals surface area contributed by atoms with Crippen molar-refractivity contribution in [3.05, 3.63) is 35.4 Å². The van der Waals surface area contributed by atoms with Gasteiger partial charge in [-0.15, -0.1) is 0 Å². The minimum atomic E-state index is -0.410. The van der Waals surface area contributed by atoms with E-state index in [-0.39, 0.29) is 18.0 Å². The first-order chi connectivity index (χ1) is 8.72. The van der Waals surface area contributed by atoms with Crippen LogP contribution >= 0.6 is 0 Å². The van der Waals surface area contributed by atoms with Crippen molar-refractivity contribution in [1.82, 2.24) is 5.32 Å². The van der Waals surface area contributed by atoms with Crippen molar-refractivity contribution in [2.45, 2.75) is 38.3 Å². The van der Waals surface area contributed by atoms with Gasteiger partial charge in [0.25, 0.3) is 0 Å². The predicted molar refractivity (Wildman–Crippen MR) is 66.4 cm³/mol. The Balaban J connectivity index is 2.23. The molecule has 1 aromatic rings. The fourth-order valence-electron chi connectivity index (χ4n) is 2.36. The average Bonchev–Trinajstić information content (AvgIpc) is 2.88. The minimum Gasteiger partial charge on any atom is -0.376 e. The fraction of sp³-hybridized carbons (Fsp3) is 0.571. The summed E-state index contributed by atoms with van der Waals surface area (Å²) in [6, 6.07) is 3.33. The van der Waals surface area contributed by atoms with Crippen LogP contribution in [0.1, 0.15) is 37.8 Å². The molecule has 0 spiro atoms. The van der Waals surface area contributed by atoms with Gasteiger partial charge in [0.05, 0.1) is 12.1 Å². The molecule has 2 atom stereocenters. The summed E-state index contributed by atoms with van der Waals surface area (Å²) in [6.07, 6.45) is 2.75. The summed E-state index contributed by atoms with van der Waals surface area (Å²) in [7, 11) is 0. The molecular formula is C14H19F2NO. The van der Waals surface area contributed by atoms with Crippen LogP contribution in [0.2, 0.25) is 0 Å². The van der Waals surface area contributed by atoms with E-state index >= 15 is 0 Å². The van der Waals surface area contributed by atoms with Crippen LogP contribution in [0.4, 0.5) is 8.78 Å². The third-order valence-electron chi connectivity index (χ3n) is 3.24. The fourth-order valence-corrected chi connectivity index (χ4v) is 2.36. The lowest BCUT2D eigenvalue weighted by Crippen LogP contribution is -2.33. The van der Waals surface area contributed by atoms with E-state index in [9.17, 15) is 8.78 Å². The monoisotopic (exact) mass is 255 g/mol. The molecule has 0 saturated carbocycles. The van der Waals surface area contributed by atoms with E-state index in [1.165, 1.54) is 12.1 Å². The van der Waals surface area contributed by atoms with Crippen LogP contribution < -0.4 is 5.32 Å². The lowest BCUT2D eigenvalue weighted by Gasteiger charge is -2.25. The lowest BCUT2D eigenvalue weighted by atomic mass is 9.98. The van der Waals surface area contributed by atoms with E-state index in [0.29, 0.717) is 12.2 Å². The molecule has 1 aliphatic heterocycles. The summed E-state index contributed by atoms with van der Waals surface area (Å²) in [6.45, 7) is 3.51. The topological polar surface area (TPSA) is 21.3 Å². The van der Waals surface area contributed by atoms with Gasteiger partial charge in [0.2, 0.25) is 0 Å². The van der Waals surface area contributed by atoms with Crippen molar-refractivity contribution in [1.29, 1.82) is 0 Å². The molecule has 0 aliphatic carbocycles. The molecule has 1 heterocycles. The van der Waals surface area contributed by atoms with Crippen LogP contribution in [0.5, 0.6) is 0 Å². The van der Waals surface area contributed by atoms with Gasteiger partial charge in [-0.2, -0.15) is 0 Å². The lowest BCUT2D eigenvalue weighted by molar-refractivity contribution is 0.0770. The summed E-state index contributed by atoms with van der Waals surface area (Å²) in [5, 5.41) is 3.26. The van der Waals surface area contributed by atoms with Gasteiger partial charge in [-0.3, -0.25) is 0 Å². The number of nitrogens with one attached hydrogen (secondary N) is 1. The van der Waals surface area contributed by atoms with Crippen molar-refractivity contribution in [2.24, 2.45) is 0 Å². The molecule has 1 fully saturated rings. The van der Waals surface area contributed by atoms with Gasteiger partial charge in [0.1, 0.15) is 11.6 Å². The highest BCUT2D eigenvalue weighted by molar-refractivity contribution is 5.23. The molecule has 18 heavy (non-hydrogen) atoms. The highest BCUT2D eigenvalue weighted by atomic mass is 19.1. The van der Waals surface area contributed by atoms with Crippen LogP contribution in [-0.4, -0.2) is 19.3 Å². The van der Waals surface area contributed by atoms with E-state index in [4.69, 9.17) is 4.74 Å². The first-order valence-electron chi connectivity index (χ1n) is 6.52. The minimum absolute atomic E-state index is 0.0622. The van der Waals surface area contributed by atoms with E-state index in [0.717, 1.165) is 31.9 Å². The first-order valence-corrected chi connectivity index (χ1v) is 6.52. The molecule has 0 bridgehead atoms. The molecule has 1 N–H and O–H groups in total. The maximum absolute atomic E-state index is 13.8. The molecule has 4 heteroatoms. The molecule has 1 aromatic carbocycles. The third-order valence-corrected chi connectivity index (χ3v) is 3.24. The second-order valence-electron chi connectivity index (χ2n) is 4.65. The van der Waals surface area contributed by atoms with Gasteiger partial charge < -0.3 is 10.1 Å². The zero-order valence-corrected chi connectivity index (χ0v) is 10.6. The average molecular weight is 255 g/mol. The van der Waals surface area contributed by atoms with Crippen molar-refractivity contribution in [3.8, 4) is 0 Å². The Hall–Kier alpha value is -1.00. The summed E-state index contributed by atoms with van der Waals surface area (Å²) < 4.78 is 32.7. The number of halogens is 2. The van der Waals surface area contributed by atoms with Crippen molar-refractivity contribution in [3.63, 3.8) is 0 Å². The van der Waals surface area contributed by atoms with E-state index in [2.05, 4.69) is 5.32 Å². The van der Waals surface area contributed by atoms with E-state index in [1.54, 1.807) is 0 Å². The smallest absolute Gasteiger partial charge is 0.128 e. The number of hydrogen-bond acceptors (Lipinski definition) is 2. The molecule has 100 valence electrons. The summed E-state index contributed by atoms with van der Waals surface area (Å²) in [4.78, 5) is 0. The Kier molecular flexibility index (Phi) is 4.66. The molecule has 0 amide bonds. The highest BCUT2D eigenvalue weighted by Gasteiger charge is 2.29. The van der Waals surface area contributed by atoms with Gasteiger partial charge in [-0.1, -0.05) is 6.92 Å². The second kappa shape index (κ2) is 6.25. The number of benzene rings is 1. The molecule has 1 aliphatic rings. The Morgan fingerprint density at radius 3 is 2.94 bits per heavy atom. The maximum atomic E-state index is 13.8. The molecule has 2 nitrogen and oxygen atoms in total. The highest BCUT2D eigenvalue weighted by Crippen LogP contribution is 2.29. The SMILES string of the molecule is CCCNC(c1cc(F)ccc1F)C1CCCO1. The molecule has 2 rings (SSSR count). The Morgan fingerprint density at radius 2 is 2.28 bits per heavy atom. The normalized spacial score (nSPS) is 21.2. The first kappa shape index (κ1) is 13.4. The summed E-state index contributed by atoms with van der Waals surface area (Å²) in [5.41, 5.74) is 0.371. The zero-order chi connectivity index (χ0) is 13.0. The number of hydrogen-bond donors (Lipinski definition) is 1. The summed E-state index contributed by atoms with van der Waals surface area (Å²) in [5.74, 6) is -0.784. The standard InChI is InChI=1S/C14H19F2NO/c1-2-7-17-14(13-4-3-8-18-13)11-9-10(15)5-6-12(11)16/h5-6,9,13-14,17H,2-4,7-8H2,1H3. The van der Waals surface area contributed by atoms with Crippen LogP contribution in [0, 0.1) is 11.6 Å². The van der Waals surface area contributed by atoms with Crippen LogP contribution in [0.15, 0.2) is 18.2 Å². The largest absolute Gasteiger partial charge is 0.376 e. The summed E-state index contributed by atoms with van der Waals surface area (Å²) >= 11 is 0. The number of ether oxygens (including phenoxy) is 1. The molecular weight excluding hydrogens is 236 g/mol. The zero-order valence-electron chi connectivity index (χ0n) is 10.6. The molecule has 1 saturated heterocycles. The third kappa shape index (κ3) is 3.06. The maximum Gasteiger partial charge on any atom is 0.128 e. The number of rotatable bonds is 5. The van der Waals surface area contributed by atoms with E-state index < -0.39 is 5.82 Å².